The molecule has 1 atom stereocenters. The standard InChI is InChI=1S/C6H11NO3/c1-2-6(5-8)3-4-7(9)10/h5-6H,2-4H2,1H3. The van der Waals surface area contributed by atoms with Crippen LogP contribution in [0, 0.1) is 16.0 Å². The Morgan fingerprint density at radius 3 is 2.60 bits per heavy atom. The smallest absolute Gasteiger partial charge is 0.204 e. The maximum absolute atomic E-state index is 10.1. The highest BCUT2D eigenvalue weighted by Gasteiger charge is 2.07. The number of nitrogens with zero attached hydrogens (tertiary/aromatic N) is 1. The molecule has 10 heavy (non-hydrogen) atoms. The summed E-state index contributed by atoms with van der Waals surface area (Å²) in [4.78, 5) is 19.6. The Balaban J connectivity index is 3.44. The maximum Gasteiger partial charge on any atom is 0.204 e. The van der Waals surface area contributed by atoms with Gasteiger partial charge in [-0.15, -0.1) is 0 Å². The van der Waals surface area contributed by atoms with Gasteiger partial charge in [-0.3, -0.25) is 10.1 Å². The van der Waals surface area contributed by atoms with E-state index in [-0.39, 0.29) is 12.5 Å². The molecule has 0 aromatic rings. The first-order valence-corrected chi connectivity index (χ1v) is 3.27. The van der Waals surface area contributed by atoms with Crippen LogP contribution in [0.1, 0.15) is 19.8 Å². The van der Waals surface area contributed by atoms with Crippen LogP contribution in [0.15, 0.2) is 0 Å². The summed E-state index contributed by atoms with van der Waals surface area (Å²) >= 11 is 0. The number of aldehydes is 1. The number of hydrogen-bond acceptors (Lipinski definition) is 3. The van der Waals surface area contributed by atoms with Crippen LogP contribution in [0.5, 0.6) is 0 Å². The second-order valence-electron chi connectivity index (χ2n) is 2.15. The van der Waals surface area contributed by atoms with Gasteiger partial charge in [0.1, 0.15) is 6.29 Å². The molecule has 0 fully saturated rings. The Morgan fingerprint density at radius 2 is 2.30 bits per heavy atom. The van der Waals surface area contributed by atoms with E-state index >= 15 is 0 Å². The lowest BCUT2D eigenvalue weighted by Crippen LogP contribution is -2.08. The van der Waals surface area contributed by atoms with E-state index in [1.165, 1.54) is 0 Å². The zero-order valence-corrected chi connectivity index (χ0v) is 5.95. The Morgan fingerprint density at radius 1 is 1.70 bits per heavy atom. The largest absolute Gasteiger partial charge is 0.303 e. The van der Waals surface area contributed by atoms with Gasteiger partial charge in [0, 0.05) is 17.3 Å². The van der Waals surface area contributed by atoms with Gasteiger partial charge in [0.05, 0.1) is 0 Å². The summed E-state index contributed by atoms with van der Waals surface area (Å²) in [6, 6.07) is 0. The SMILES string of the molecule is CCC(C=O)CC[N+](=O)[O-]. The molecule has 0 saturated carbocycles. The van der Waals surface area contributed by atoms with Crippen molar-refractivity contribution in [2.75, 3.05) is 6.54 Å². The number of rotatable bonds is 5. The van der Waals surface area contributed by atoms with Crippen LogP contribution < -0.4 is 0 Å². The molecular formula is C6H11NO3. The molecule has 0 aliphatic carbocycles. The van der Waals surface area contributed by atoms with E-state index in [1.54, 1.807) is 0 Å². The minimum atomic E-state index is -0.397. The Hall–Kier alpha value is -0.930. The minimum Gasteiger partial charge on any atom is -0.303 e. The summed E-state index contributed by atoms with van der Waals surface area (Å²) in [7, 11) is 0. The van der Waals surface area contributed by atoms with E-state index in [4.69, 9.17) is 0 Å². The van der Waals surface area contributed by atoms with Gasteiger partial charge < -0.3 is 4.79 Å². The Bertz CT molecular complexity index is 124. The van der Waals surface area contributed by atoms with E-state index in [0.29, 0.717) is 12.8 Å². The van der Waals surface area contributed by atoms with Crippen molar-refractivity contribution in [3.63, 3.8) is 0 Å². The van der Waals surface area contributed by atoms with Gasteiger partial charge in [-0.1, -0.05) is 6.92 Å². The third-order valence-corrected chi connectivity index (χ3v) is 1.40. The van der Waals surface area contributed by atoms with Crippen LogP contribution in [-0.4, -0.2) is 17.8 Å². The summed E-state index contributed by atoms with van der Waals surface area (Å²) < 4.78 is 0. The van der Waals surface area contributed by atoms with Crippen LogP contribution in [0.3, 0.4) is 0 Å². The highest BCUT2D eigenvalue weighted by molar-refractivity contribution is 5.53. The first-order valence-electron chi connectivity index (χ1n) is 3.27. The molecule has 58 valence electrons. The molecule has 1 unspecified atom stereocenters. The molecule has 0 aliphatic rings. The first kappa shape index (κ1) is 9.07. The number of carbonyl (C=O) groups excluding carboxylic acids is 1. The molecule has 0 aromatic heterocycles. The number of hydrogen-bond donors (Lipinski definition) is 0. The van der Waals surface area contributed by atoms with Crippen molar-refractivity contribution < 1.29 is 9.72 Å². The van der Waals surface area contributed by atoms with Crippen LogP contribution in [0.25, 0.3) is 0 Å². The molecule has 0 radical (unpaired) electrons. The minimum absolute atomic E-state index is 0.1000. The zero-order valence-electron chi connectivity index (χ0n) is 5.95. The van der Waals surface area contributed by atoms with Crippen molar-refractivity contribution in [3.05, 3.63) is 10.1 Å². The number of carbonyl (C=O) groups is 1. The predicted octanol–water partition coefficient (Wildman–Crippen LogP) is 0.878. The van der Waals surface area contributed by atoms with Crippen molar-refractivity contribution in [2.24, 2.45) is 5.92 Å². The normalized spacial score (nSPS) is 12.5. The average molecular weight is 145 g/mol. The van der Waals surface area contributed by atoms with Gasteiger partial charge in [-0.05, 0) is 6.42 Å². The monoisotopic (exact) mass is 145 g/mol. The summed E-state index contributed by atoms with van der Waals surface area (Å²) in [5.41, 5.74) is 0. The van der Waals surface area contributed by atoms with Gasteiger partial charge in [0.25, 0.3) is 0 Å². The van der Waals surface area contributed by atoms with Gasteiger partial charge in [0.15, 0.2) is 0 Å². The molecule has 0 saturated heterocycles. The molecule has 0 rings (SSSR count). The summed E-state index contributed by atoms with van der Waals surface area (Å²) in [6.07, 6.45) is 1.84. The van der Waals surface area contributed by atoms with Crippen LogP contribution in [0.4, 0.5) is 0 Å². The fourth-order valence-electron chi connectivity index (χ4n) is 0.640. The fraction of sp³-hybridized carbons (Fsp3) is 0.833. The Kier molecular flexibility index (Phi) is 4.45. The second-order valence-corrected chi connectivity index (χ2v) is 2.15. The van der Waals surface area contributed by atoms with E-state index in [2.05, 4.69) is 0 Å². The fourth-order valence-corrected chi connectivity index (χ4v) is 0.640. The van der Waals surface area contributed by atoms with Crippen LogP contribution in [0.2, 0.25) is 0 Å². The van der Waals surface area contributed by atoms with Crippen molar-refractivity contribution in [1.82, 2.24) is 0 Å². The van der Waals surface area contributed by atoms with Gasteiger partial charge in [-0.2, -0.15) is 0 Å². The Labute approximate surface area is 59.4 Å². The lowest BCUT2D eigenvalue weighted by Gasteiger charge is -2.00. The lowest BCUT2D eigenvalue weighted by atomic mass is 10.1. The predicted molar refractivity (Wildman–Crippen MR) is 36.3 cm³/mol. The quantitative estimate of drug-likeness (QED) is 0.327. The van der Waals surface area contributed by atoms with Gasteiger partial charge in [0.2, 0.25) is 6.54 Å². The summed E-state index contributed by atoms with van der Waals surface area (Å²) in [5, 5.41) is 9.83. The van der Waals surface area contributed by atoms with Crippen molar-refractivity contribution >= 4 is 6.29 Å². The van der Waals surface area contributed by atoms with Crippen molar-refractivity contribution in [1.29, 1.82) is 0 Å². The lowest BCUT2D eigenvalue weighted by molar-refractivity contribution is -0.481. The highest BCUT2D eigenvalue weighted by atomic mass is 16.6. The summed E-state index contributed by atoms with van der Waals surface area (Å²) in [5.74, 6) is -0.134. The van der Waals surface area contributed by atoms with Crippen LogP contribution >= 0.6 is 0 Å². The molecule has 0 N–H and O–H groups in total. The maximum atomic E-state index is 10.1. The van der Waals surface area contributed by atoms with Crippen molar-refractivity contribution in [2.45, 2.75) is 19.8 Å². The second kappa shape index (κ2) is 4.90. The molecule has 4 heteroatoms. The van der Waals surface area contributed by atoms with Gasteiger partial charge in [-0.25, -0.2) is 0 Å². The first-order chi connectivity index (χ1) is 4.70. The molecule has 0 amide bonds. The molecule has 0 bridgehead atoms. The molecule has 0 heterocycles. The summed E-state index contributed by atoms with van der Waals surface area (Å²) in [6.45, 7) is 1.75. The van der Waals surface area contributed by atoms with E-state index < -0.39 is 4.92 Å². The highest BCUT2D eigenvalue weighted by Crippen LogP contribution is 2.03. The third kappa shape index (κ3) is 4.00. The van der Waals surface area contributed by atoms with Crippen LogP contribution in [-0.2, 0) is 4.79 Å². The van der Waals surface area contributed by atoms with Crippen molar-refractivity contribution in [3.8, 4) is 0 Å². The van der Waals surface area contributed by atoms with E-state index in [1.807, 2.05) is 6.92 Å². The third-order valence-electron chi connectivity index (χ3n) is 1.40. The van der Waals surface area contributed by atoms with E-state index in [0.717, 1.165) is 6.29 Å². The molecule has 0 spiro atoms. The topological polar surface area (TPSA) is 60.2 Å². The van der Waals surface area contributed by atoms with Gasteiger partial charge >= 0.3 is 0 Å². The molecule has 0 aliphatic heterocycles. The molecule has 0 aromatic carbocycles. The molecular weight excluding hydrogens is 134 g/mol. The molecule has 4 nitrogen and oxygen atoms in total. The number of nitro groups is 1. The average Bonchev–Trinajstić information content (AvgIpc) is 1.90. The van der Waals surface area contributed by atoms with E-state index in [9.17, 15) is 14.9 Å². The zero-order chi connectivity index (χ0) is 7.98.